The van der Waals surface area contributed by atoms with Gasteiger partial charge in [0.2, 0.25) is 0 Å². The fraction of sp³-hybridized carbons (Fsp3) is 0.600. The van der Waals surface area contributed by atoms with Crippen molar-refractivity contribution in [3.05, 3.63) is 11.1 Å². The first kappa shape index (κ1) is 12.9. The lowest BCUT2D eigenvalue weighted by molar-refractivity contribution is 0.160. The van der Waals surface area contributed by atoms with E-state index in [2.05, 4.69) is 15.6 Å². The number of rotatable bonds is 5. The molecule has 1 unspecified atom stereocenters. The molecule has 0 aliphatic carbocycles. The summed E-state index contributed by atoms with van der Waals surface area (Å²) in [6.45, 7) is 4.24. The summed E-state index contributed by atoms with van der Waals surface area (Å²) in [6, 6.07) is -0.280. The second-order valence-electron chi connectivity index (χ2n) is 3.53. The minimum Gasteiger partial charge on any atom is -0.393 e. The first-order valence-corrected chi connectivity index (χ1v) is 6.14. The number of carbonyl (C=O) groups excluding carboxylic acids is 1. The second kappa shape index (κ2) is 6.44. The molecule has 0 spiro atoms. The van der Waals surface area contributed by atoms with Gasteiger partial charge in [0, 0.05) is 11.9 Å². The van der Waals surface area contributed by atoms with Crippen LogP contribution in [0.2, 0.25) is 0 Å². The molecule has 0 radical (unpaired) electrons. The van der Waals surface area contributed by atoms with E-state index in [1.807, 2.05) is 19.2 Å². The predicted molar refractivity (Wildman–Crippen MR) is 64.8 cm³/mol. The molecule has 1 heterocycles. The van der Waals surface area contributed by atoms with Crippen molar-refractivity contribution in [2.45, 2.75) is 32.8 Å². The van der Waals surface area contributed by atoms with E-state index in [9.17, 15) is 9.90 Å². The first-order valence-electron chi connectivity index (χ1n) is 5.27. The fourth-order valence-electron chi connectivity index (χ4n) is 1.11. The van der Waals surface area contributed by atoms with E-state index >= 15 is 0 Å². The molecule has 0 saturated carbocycles. The van der Waals surface area contributed by atoms with Crippen LogP contribution in [0.1, 0.15) is 25.5 Å². The number of carbonyl (C=O) groups is 1. The molecule has 6 heteroatoms. The van der Waals surface area contributed by atoms with Crippen LogP contribution in [-0.2, 0) is 0 Å². The molecule has 16 heavy (non-hydrogen) atoms. The Kier molecular flexibility index (Phi) is 5.21. The van der Waals surface area contributed by atoms with Crippen molar-refractivity contribution in [3.63, 3.8) is 0 Å². The lowest BCUT2D eigenvalue weighted by Crippen LogP contribution is -2.31. The molecule has 0 bridgehead atoms. The van der Waals surface area contributed by atoms with Gasteiger partial charge in [-0.15, -0.1) is 11.3 Å². The monoisotopic (exact) mass is 243 g/mol. The molecule has 0 fully saturated rings. The van der Waals surface area contributed by atoms with Crippen molar-refractivity contribution in [2.24, 2.45) is 0 Å². The first-order chi connectivity index (χ1) is 7.61. The molecule has 0 saturated heterocycles. The lowest BCUT2D eigenvalue weighted by Gasteiger charge is -2.08. The maximum Gasteiger partial charge on any atom is 0.321 e. The third-order valence-electron chi connectivity index (χ3n) is 2.07. The SMILES string of the molecule is CCC(O)CCNC(=O)Nc1nc(C)cs1. The van der Waals surface area contributed by atoms with Gasteiger partial charge >= 0.3 is 6.03 Å². The van der Waals surface area contributed by atoms with Crippen LogP contribution in [0, 0.1) is 6.92 Å². The molecule has 0 aliphatic heterocycles. The second-order valence-corrected chi connectivity index (χ2v) is 4.38. The maximum atomic E-state index is 11.4. The van der Waals surface area contributed by atoms with Gasteiger partial charge in [0.05, 0.1) is 11.8 Å². The van der Waals surface area contributed by atoms with Crippen LogP contribution in [0.3, 0.4) is 0 Å². The number of aliphatic hydroxyl groups excluding tert-OH is 1. The number of nitrogens with zero attached hydrogens (tertiary/aromatic N) is 1. The van der Waals surface area contributed by atoms with E-state index in [0.717, 1.165) is 5.69 Å². The van der Waals surface area contributed by atoms with Gasteiger partial charge in [0.1, 0.15) is 0 Å². The molecule has 2 amide bonds. The summed E-state index contributed by atoms with van der Waals surface area (Å²) in [5.74, 6) is 0. The van der Waals surface area contributed by atoms with Crippen LogP contribution in [0.5, 0.6) is 0 Å². The van der Waals surface area contributed by atoms with Gasteiger partial charge < -0.3 is 10.4 Å². The molecule has 5 nitrogen and oxygen atoms in total. The number of hydrogen-bond acceptors (Lipinski definition) is 4. The van der Waals surface area contributed by atoms with Gasteiger partial charge in [-0.3, -0.25) is 5.32 Å². The van der Waals surface area contributed by atoms with E-state index in [1.165, 1.54) is 11.3 Å². The Morgan fingerprint density at radius 3 is 3.00 bits per heavy atom. The highest BCUT2D eigenvalue weighted by Crippen LogP contribution is 2.13. The van der Waals surface area contributed by atoms with Crippen LogP contribution in [-0.4, -0.2) is 28.8 Å². The van der Waals surface area contributed by atoms with E-state index in [1.54, 1.807) is 0 Å². The minimum absolute atomic E-state index is 0.280. The number of urea groups is 1. The number of aryl methyl sites for hydroxylation is 1. The van der Waals surface area contributed by atoms with E-state index < -0.39 is 0 Å². The zero-order chi connectivity index (χ0) is 12.0. The molecule has 1 atom stereocenters. The Labute approximate surface area is 98.9 Å². The highest BCUT2D eigenvalue weighted by atomic mass is 32.1. The number of thiazole rings is 1. The quantitative estimate of drug-likeness (QED) is 0.737. The average Bonchev–Trinajstić information content (AvgIpc) is 2.63. The fourth-order valence-corrected chi connectivity index (χ4v) is 1.79. The van der Waals surface area contributed by atoms with Gasteiger partial charge in [-0.05, 0) is 19.8 Å². The Morgan fingerprint density at radius 1 is 1.69 bits per heavy atom. The molecule has 0 aliphatic rings. The summed E-state index contributed by atoms with van der Waals surface area (Å²) in [5, 5.41) is 17.0. The molecule has 1 aromatic heterocycles. The Morgan fingerprint density at radius 2 is 2.44 bits per heavy atom. The van der Waals surface area contributed by atoms with Crippen molar-refractivity contribution < 1.29 is 9.90 Å². The van der Waals surface area contributed by atoms with Crippen molar-refractivity contribution in [3.8, 4) is 0 Å². The Balaban J connectivity index is 2.21. The molecular formula is C10H17N3O2S. The lowest BCUT2D eigenvalue weighted by atomic mass is 10.2. The molecule has 1 rings (SSSR count). The van der Waals surface area contributed by atoms with E-state index in [0.29, 0.717) is 24.5 Å². The highest BCUT2D eigenvalue weighted by molar-refractivity contribution is 7.13. The Hall–Kier alpha value is -1.14. The van der Waals surface area contributed by atoms with Crippen LogP contribution in [0.4, 0.5) is 9.93 Å². The van der Waals surface area contributed by atoms with Crippen molar-refractivity contribution in [1.82, 2.24) is 10.3 Å². The zero-order valence-electron chi connectivity index (χ0n) is 9.49. The van der Waals surface area contributed by atoms with Crippen LogP contribution in [0.25, 0.3) is 0 Å². The number of nitrogens with one attached hydrogen (secondary N) is 2. The van der Waals surface area contributed by atoms with Gasteiger partial charge in [0.15, 0.2) is 5.13 Å². The topological polar surface area (TPSA) is 74.2 Å². The average molecular weight is 243 g/mol. The third-order valence-corrected chi connectivity index (χ3v) is 2.95. The molecular weight excluding hydrogens is 226 g/mol. The largest absolute Gasteiger partial charge is 0.393 e. The summed E-state index contributed by atoms with van der Waals surface area (Å²) < 4.78 is 0. The van der Waals surface area contributed by atoms with Gasteiger partial charge in [-0.1, -0.05) is 6.92 Å². The van der Waals surface area contributed by atoms with Crippen LogP contribution < -0.4 is 10.6 Å². The van der Waals surface area contributed by atoms with Crippen LogP contribution in [0.15, 0.2) is 5.38 Å². The van der Waals surface area contributed by atoms with Crippen molar-refractivity contribution >= 4 is 22.5 Å². The third kappa shape index (κ3) is 4.59. The smallest absolute Gasteiger partial charge is 0.321 e. The van der Waals surface area contributed by atoms with Crippen molar-refractivity contribution in [2.75, 3.05) is 11.9 Å². The maximum absolute atomic E-state index is 11.4. The summed E-state index contributed by atoms with van der Waals surface area (Å²) in [6.07, 6.45) is 0.929. The van der Waals surface area contributed by atoms with Crippen LogP contribution >= 0.6 is 11.3 Å². The van der Waals surface area contributed by atoms with Gasteiger partial charge in [0.25, 0.3) is 0 Å². The summed E-state index contributed by atoms with van der Waals surface area (Å²) in [4.78, 5) is 15.5. The molecule has 3 N–H and O–H groups in total. The summed E-state index contributed by atoms with van der Waals surface area (Å²) in [5.41, 5.74) is 0.890. The van der Waals surface area contributed by atoms with E-state index in [4.69, 9.17) is 0 Å². The number of aromatic nitrogens is 1. The van der Waals surface area contributed by atoms with Gasteiger partial charge in [-0.2, -0.15) is 0 Å². The molecule has 1 aromatic rings. The predicted octanol–water partition coefficient (Wildman–Crippen LogP) is 1.73. The number of amides is 2. The standard InChI is InChI=1S/C10H17N3O2S/c1-3-8(14)4-5-11-9(15)13-10-12-7(2)6-16-10/h6,8,14H,3-5H2,1-2H3,(H2,11,12,13,15). The number of hydrogen-bond donors (Lipinski definition) is 3. The summed E-state index contributed by atoms with van der Waals surface area (Å²) in [7, 11) is 0. The number of anilines is 1. The van der Waals surface area contributed by atoms with Gasteiger partial charge in [-0.25, -0.2) is 9.78 Å². The summed E-state index contributed by atoms with van der Waals surface area (Å²) >= 11 is 1.39. The normalized spacial score (nSPS) is 12.2. The van der Waals surface area contributed by atoms with E-state index in [-0.39, 0.29) is 12.1 Å². The minimum atomic E-state index is -0.345. The van der Waals surface area contributed by atoms with Crippen molar-refractivity contribution in [1.29, 1.82) is 0 Å². The zero-order valence-corrected chi connectivity index (χ0v) is 10.3. The molecule has 0 aromatic carbocycles. The highest BCUT2D eigenvalue weighted by Gasteiger charge is 2.05. The molecule has 90 valence electrons. The Bertz CT molecular complexity index is 341. The number of aliphatic hydroxyl groups is 1.